The quantitative estimate of drug-likeness (QED) is 0.838. The molecule has 1 saturated carbocycles. The second kappa shape index (κ2) is 7.74. The van der Waals surface area contributed by atoms with E-state index >= 15 is 0 Å². The summed E-state index contributed by atoms with van der Waals surface area (Å²) in [5, 5.41) is -0.751. The fourth-order valence-electron chi connectivity index (χ4n) is 2.87. The average Bonchev–Trinajstić information content (AvgIpc) is 2.54. The van der Waals surface area contributed by atoms with Crippen molar-refractivity contribution in [1.29, 1.82) is 0 Å². The Morgan fingerprint density at radius 2 is 1.71 bits per heavy atom. The molecule has 8 heteroatoms. The van der Waals surface area contributed by atoms with Crippen molar-refractivity contribution in [1.82, 2.24) is 4.72 Å². The number of ether oxygens (including phenoxy) is 1. The van der Waals surface area contributed by atoms with Gasteiger partial charge in [0.05, 0.1) is 17.8 Å². The molecule has 1 N–H and O–H groups in total. The van der Waals surface area contributed by atoms with Crippen LogP contribution in [0.2, 0.25) is 0 Å². The van der Waals surface area contributed by atoms with Gasteiger partial charge in [-0.3, -0.25) is 0 Å². The number of alkyl halides is 3. The molecule has 0 aliphatic heterocycles. The lowest BCUT2D eigenvalue weighted by atomic mass is 9.88. The number of hydrogen-bond acceptors (Lipinski definition) is 3. The molecule has 24 heavy (non-hydrogen) atoms. The fraction of sp³-hybridized carbons (Fsp3) is 0.625. The number of nitrogens with one attached hydrogen (secondary N) is 1. The van der Waals surface area contributed by atoms with Crippen LogP contribution in [-0.4, -0.2) is 26.5 Å². The van der Waals surface area contributed by atoms with Gasteiger partial charge in [0.15, 0.2) is 0 Å². The Balaban J connectivity index is 1.88. The molecule has 0 heterocycles. The van der Waals surface area contributed by atoms with Crippen molar-refractivity contribution in [3.63, 3.8) is 0 Å². The number of benzene rings is 1. The Bertz CT molecular complexity index is 621. The van der Waals surface area contributed by atoms with E-state index in [2.05, 4.69) is 4.72 Å². The van der Waals surface area contributed by atoms with E-state index in [4.69, 9.17) is 4.74 Å². The molecule has 1 aromatic carbocycles. The summed E-state index contributed by atoms with van der Waals surface area (Å²) in [6.07, 6.45) is -4.40. The topological polar surface area (TPSA) is 55.4 Å². The summed E-state index contributed by atoms with van der Waals surface area (Å²) in [5.41, 5.74) is 0.769. The summed E-state index contributed by atoms with van der Waals surface area (Å²) in [4.78, 5) is 0. The van der Waals surface area contributed by atoms with Crippen molar-refractivity contribution in [3.8, 4) is 5.75 Å². The molecule has 0 amide bonds. The SMILES string of the molecule is CCOc1ccc(CNS(=O)(=O)C2CCC(C(F)(F)F)CC2)cc1. The van der Waals surface area contributed by atoms with Crippen LogP contribution in [-0.2, 0) is 16.6 Å². The summed E-state index contributed by atoms with van der Waals surface area (Å²) in [5.74, 6) is -0.676. The Hall–Kier alpha value is -1.28. The molecule has 1 fully saturated rings. The predicted molar refractivity (Wildman–Crippen MR) is 85.2 cm³/mol. The first-order valence-corrected chi connectivity index (χ1v) is 9.54. The van der Waals surface area contributed by atoms with Gasteiger partial charge in [0.2, 0.25) is 10.0 Å². The second-order valence-electron chi connectivity index (χ2n) is 5.96. The average molecular weight is 365 g/mol. The van der Waals surface area contributed by atoms with Crippen LogP contribution in [0.5, 0.6) is 5.75 Å². The molecule has 1 aliphatic carbocycles. The smallest absolute Gasteiger partial charge is 0.391 e. The Kier molecular flexibility index (Phi) is 6.14. The lowest BCUT2D eigenvalue weighted by Crippen LogP contribution is -2.38. The number of rotatable bonds is 6. The summed E-state index contributed by atoms with van der Waals surface area (Å²) in [6.45, 7) is 2.54. The molecule has 0 spiro atoms. The van der Waals surface area contributed by atoms with Gasteiger partial charge in [-0.1, -0.05) is 12.1 Å². The van der Waals surface area contributed by atoms with E-state index in [9.17, 15) is 21.6 Å². The van der Waals surface area contributed by atoms with Crippen LogP contribution in [0.4, 0.5) is 13.2 Å². The van der Waals surface area contributed by atoms with Gasteiger partial charge in [0.1, 0.15) is 5.75 Å². The summed E-state index contributed by atoms with van der Waals surface area (Å²) in [6, 6.07) is 7.02. The molecule has 4 nitrogen and oxygen atoms in total. The molecule has 1 aromatic rings. The summed E-state index contributed by atoms with van der Waals surface area (Å²) in [7, 11) is -3.62. The van der Waals surface area contributed by atoms with E-state index in [1.807, 2.05) is 6.92 Å². The molecule has 2 rings (SSSR count). The standard InChI is InChI=1S/C16H22F3NO3S/c1-2-23-14-7-3-12(4-8-14)11-20-24(21,22)15-9-5-13(6-10-15)16(17,18)19/h3-4,7-8,13,15,20H,2,5-6,9-11H2,1H3. The zero-order valence-electron chi connectivity index (χ0n) is 13.5. The number of hydrogen-bond donors (Lipinski definition) is 1. The Labute approximate surface area is 140 Å². The zero-order chi connectivity index (χ0) is 17.8. The maximum Gasteiger partial charge on any atom is 0.391 e. The summed E-state index contributed by atoms with van der Waals surface area (Å²) >= 11 is 0. The minimum Gasteiger partial charge on any atom is -0.494 e. The van der Waals surface area contributed by atoms with E-state index in [0.717, 1.165) is 5.56 Å². The molecule has 0 bridgehead atoms. The van der Waals surface area contributed by atoms with Gasteiger partial charge in [-0.2, -0.15) is 13.2 Å². The van der Waals surface area contributed by atoms with Crippen LogP contribution < -0.4 is 9.46 Å². The molecule has 0 saturated heterocycles. The van der Waals surface area contributed by atoms with Crippen LogP contribution >= 0.6 is 0 Å². The van der Waals surface area contributed by atoms with Gasteiger partial charge in [-0.15, -0.1) is 0 Å². The first-order valence-electron chi connectivity index (χ1n) is 7.99. The van der Waals surface area contributed by atoms with Crippen LogP contribution in [0.1, 0.15) is 38.2 Å². The summed E-state index contributed by atoms with van der Waals surface area (Å²) < 4.78 is 70.3. The van der Waals surface area contributed by atoms with E-state index in [0.29, 0.717) is 12.4 Å². The van der Waals surface area contributed by atoms with Crippen molar-refractivity contribution in [2.75, 3.05) is 6.61 Å². The maximum absolute atomic E-state index is 12.6. The van der Waals surface area contributed by atoms with Crippen molar-refractivity contribution in [3.05, 3.63) is 29.8 Å². The van der Waals surface area contributed by atoms with E-state index < -0.39 is 27.4 Å². The van der Waals surface area contributed by atoms with Crippen molar-refractivity contribution < 1.29 is 26.3 Å². The van der Waals surface area contributed by atoms with Crippen LogP contribution in [0.25, 0.3) is 0 Å². The van der Waals surface area contributed by atoms with Crippen LogP contribution in [0.3, 0.4) is 0 Å². The molecule has 0 aromatic heterocycles. The van der Waals surface area contributed by atoms with Gasteiger partial charge in [0, 0.05) is 6.54 Å². The molecule has 0 radical (unpaired) electrons. The van der Waals surface area contributed by atoms with Gasteiger partial charge in [0.25, 0.3) is 0 Å². The highest BCUT2D eigenvalue weighted by Crippen LogP contribution is 2.39. The monoisotopic (exact) mass is 365 g/mol. The first kappa shape index (κ1) is 19.1. The maximum atomic E-state index is 12.6. The van der Waals surface area contributed by atoms with Gasteiger partial charge in [-0.05, 0) is 50.3 Å². The lowest BCUT2D eigenvalue weighted by Gasteiger charge is -2.29. The highest BCUT2D eigenvalue weighted by molar-refractivity contribution is 7.90. The predicted octanol–water partition coefficient (Wildman–Crippen LogP) is 3.63. The first-order chi connectivity index (χ1) is 11.2. The molecule has 0 atom stereocenters. The van der Waals surface area contributed by atoms with Crippen LogP contribution in [0, 0.1) is 5.92 Å². The fourth-order valence-corrected chi connectivity index (χ4v) is 4.37. The largest absolute Gasteiger partial charge is 0.494 e. The number of sulfonamides is 1. The third-order valence-electron chi connectivity index (χ3n) is 4.29. The Morgan fingerprint density at radius 1 is 1.12 bits per heavy atom. The van der Waals surface area contributed by atoms with E-state index in [1.165, 1.54) is 0 Å². The lowest BCUT2D eigenvalue weighted by molar-refractivity contribution is -0.181. The van der Waals surface area contributed by atoms with Gasteiger partial charge >= 0.3 is 6.18 Å². The molecule has 1 aliphatic rings. The zero-order valence-corrected chi connectivity index (χ0v) is 14.3. The van der Waals surface area contributed by atoms with E-state index in [1.54, 1.807) is 24.3 Å². The molecule has 0 unspecified atom stereocenters. The highest BCUT2D eigenvalue weighted by Gasteiger charge is 2.43. The molecular formula is C16H22F3NO3S. The molecular weight excluding hydrogens is 343 g/mol. The number of halogens is 3. The minimum atomic E-state index is -4.23. The van der Waals surface area contributed by atoms with Gasteiger partial charge in [-0.25, -0.2) is 13.1 Å². The Morgan fingerprint density at radius 3 is 2.21 bits per heavy atom. The normalized spacial score (nSPS) is 22.3. The van der Waals surface area contributed by atoms with E-state index in [-0.39, 0.29) is 32.2 Å². The minimum absolute atomic E-state index is 0.0444. The highest BCUT2D eigenvalue weighted by atomic mass is 32.2. The second-order valence-corrected chi connectivity index (χ2v) is 8.00. The van der Waals surface area contributed by atoms with Crippen molar-refractivity contribution >= 4 is 10.0 Å². The van der Waals surface area contributed by atoms with Crippen molar-refractivity contribution in [2.24, 2.45) is 5.92 Å². The van der Waals surface area contributed by atoms with Gasteiger partial charge < -0.3 is 4.74 Å². The molecule has 136 valence electrons. The third kappa shape index (κ3) is 5.11. The third-order valence-corrected chi connectivity index (χ3v) is 6.18. The van der Waals surface area contributed by atoms with Crippen molar-refractivity contribution in [2.45, 2.75) is 50.6 Å². The van der Waals surface area contributed by atoms with Crippen LogP contribution in [0.15, 0.2) is 24.3 Å².